The van der Waals surface area contributed by atoms with E-state index in [0.29, 0.717) is 30.2 Å². The van der Waals surface area contributed by atoms with Crippen molar-refractivity contribution in [3.8, 4) is 0 Å². The summed E-state index contributed by atoms with van der Waals surface area (Å²) in [7, 11) is 0. The maximum Gasteiger partial charge on any atom is 0.313 e. The monoisotopic (exact) mass is 316 g/mol. The van der Waals surface area contributed by atoms with Crippen molar-refractivity contribution in [2.75, 3.05) is 25.0 Å². The van der Waals surface area contributed by atoms with Gasteiger partial charge in [-0.1, -0.05) is 23.2 Å². The zero-order chi connectivity index (χ0) is 14.7. The summed E-state index contributed by atoms with van der Waals surface area (Å²) in [4.78, 5) is 25.3. The predicted octanol–water partition coefficient (Wildman–Crippen LogP) is 1.77. The quantitative estimate of drug-likeness (QED) is 0.817. The molecule has 108 valence electrons. The van der Waals surface area contributed by atoms with Crippen molar-refractivity contribution < 1.29 is 14.7 Å². The van der Waals surface area contributed by atoms with Crippen molar-refractivity contribution >= 4 is 40.7 Å². The molecule has 1 aromatic carbocycles. The van der Waals surface area contributed by atoms with Gasteiger partial charge in [0.2, 0.25) is 0 Å². The lowest BCUT2D eigenvalue weighted by Crippen LogP contribution is -2.38. The first kappa shape index (κ1) is 15.1. The van der Waals surface area contributed by atoms with Gasteiger partial charge in [-0.25, -0.2) is 0 Å². The fourth-order valence-electron chi connectivity index (χ4n) is 2.08. The number of nitrogens with one attached hydrogen (secondary N) is 1. The number of aliphatic hydroxyl groups excluding tert-OH is 1. The van der Waals surface area contributed by atoms with Crippen LogP contribution in [0.25, 0.3) is 0 Å². The smallest absolute Gasteiger partial charge is 0.313 e. The highest BCUT2D eigenvalue weighted by atomic mass is 35.5. The predicted molar refractivity (Wildman–Crippen MR) is 76.9 cm³/mol. The largest absolute Gasteiger partial charge is 0.396 e. The Hall–Kier alpha value is -1.30. The minimum Gasteiger partial charge on any atom is -0.396 e. The highest BCUT2D eigenvalue weighted by Crippen LogP contribution is 2.25. The average molecular weight is 317 g/mol. The zero-order valence-corrected chi connectivity index (χ0v) is 12.1. The molecule has 1 aromatic rings. The van der Waals surface area contributed by atoms with Crippen LogP contribution in [0.4, 0.5) is 5.69 Å². The summed E-state index contributed by atoms with van der Waals surface area (Å²) in [5.41, 5.74) is 0.340. The molecule has 1 heterocycles. The second-order valence-electron chi connectivity index (χ2n) is 4.67. The molecule has 20 heavy (non-hydrogen) atoms. The third kappa shape index (κ3) is 3.42. The van der Waals surface area contributed by atoms with E-state index >= 15 is 0 Å². The number of anilines is 1. The van der Waals surface area contributed by atoms with Gasteiger partial charge in [0.15, 0.2) is 0 Å². The fraction of sp³-hybridized carbons (Fsp3) is 0.385. The minimum atomic E-state index is -0.743. The molecule has 2 N–H and O–H groups in total. The van der Waals surface area contributed by atoms with E-state index in [2.05, 4.69) is 5.32 Å². The molecule has 0 saturated carbocycles. The summed E-state index contributed by atoms with van der Waals surface area (Å²) in [6.07, 6.45) is 0.706. The van der Waals surface area contributed by atoms with Gasteiger partial charge in [0.05, 0.1) is 10.7 Å². The van der Waals surface area contributed by atoms with E-state index in [1.165, 1.54) is 17.0 Å². The number of hydrogen-bond donors (Lipinski definition) is 2. The number of rotatable bonds is 2. The van der Waals surface area contributed by atoms with Crippen molar-refractivity contribution in [1.29, 1.82) is 0 Å². The molecule has 0 spiro atoms. The van der Waals surface area contributed by atoms with E-state index in [0.717, 1.165) is 0 Å². The van der Waals surface area contributed by atoms with Crippen LogP contribution in [0.1, 0.15) is 6.42 Å². The molecule has 1 saturated heterocycles. The maximum atomic E-state index is 12.0. The van der Waals surface area contributed by atoms with Gasteiger partial charge < -0.3 is 15.3 Å². The first-order valence-electron chi connectivity index (χ1n) is 6.17. The molecule has 1 aliphatic heterocycles. The molecule has 1 aliphatic rings. The molecule has 1 unspecified atom stereocenters. The number of carbonyl (C=O) groups excluding carboxylic acids is 2. The van der Waals surface area contributed by atoms with Crippen LogP contribution >= 0.6 is 23.2 Å². The van der Waals surface area contributed by atoms with E-state index < -0.39 is 11.8 Å². The van der Waals surface area contributed by atoms with Crippen molar-refractivity contribution in [2.24, 2.45) is 5.92 Å². The van der Waals surface area contributed by atoms with Gasteiger partial charge in [0, 0.05) is 30.6 Å². The van der Waals surface area contributed by atoms with Gasteiger partial charge in [-0.3, -0.25) is 9.59 Å². The van der Waals surface area contributed by atoms with Crippen molar-refractivity contribution in [1.82, 2.24) is 4.90 Å². The van der Waals surface area contributed by atoms with Crippen LogP contribution in [0.15, 0.2) is 18.2 Å². The van der Waals surface area contributed by atoms with Crippen LogP contribution in [0.2, 0.25) is 10.0 Å². The lowest BCUT2D eigenvalue weighted by molar-refractivity contribution is -0.142. The molecule has 5 nitrogen and oxygen atoms in total. The van der Waals surface area contributed by atoms with Gasteiger partial charge in [-0.2, -0.15) is 0 Å². The zero-order valence-electron chi connectivity index (χ0n) is 10.6. The number of benzene rings is 1. The number of amides is 2. The van der Waals surface area contributed by atoms with Crippen LogP contribution in [-0.2, 0) is 9.59 Å². The molecule has 0 aliphatic carbocycles. The average Bonchev–Trinajstić information content (AvgIpc) is 2.89. The molecular formula is C13H14Cl2N2O3. The molecule has 1 atom stereocenters. The van der Waals surface area contributed by atoms with Gasteiger partial charge in [-0.15, -0.1) is 0 Å². The van der Waals surface area contributed by atoms with Gasteiger partial charge >= 0.3 is 11.8 Å². The molecule has 0 aromatic heterocycles. The standard InChI is InChI=1S/C13H14Cl2N2O3/c14-9-1-2-11(10(15)5-9)16-12(19)13(20)17-4-3-8(6-17)7-18/h1-2,5,8,18H,3-4,6-7H2,(H,16,19). The highest BCUT2D eigenvalue weighted by Gasteiger charge is 2.29. The Morgan fingerprint density at radius 1 is 1.40 bits per heavy atom. The Kier molecular flexibility index (Phi) is 4.86. The molecule has 2 amide bonds. The molecule has 7 heteroatoms. The van der Waals surface area contributed by atoms with Gasteiger partial charge in [0.25, 0.3) is 0 Å². The second kappa shape index (κ2) is 6.43. The second-order valence-corrected chi connectivity index (χ2v) is 5.51. The first-order chi connectivity index (χ1) is 9.51. The van der Waals surface area contributed by atoms with Gasteiger partial charge in [-0.05, 0) is 24.6 Å². The lowest BCUT2D eigenvalue weighted by Gasteiger charge is -2.16. The Morgan fingerprint density at radius 3 is 2.75 bits per heavy atom. The first-order valence-corrected chi connectivity index (χ1v) is 6.93. The highest BCUT2D eigenvalue weighted by molar-refractivity contribution is 6.42. The molecule has 1 fully saturated rings. The fourth-order valence-corrected chi connectivity index (χ4v) is 2.53. The summed E-state index contributed by atoms with van der Waals surface area (Å²) < 4.78 is 0. The Balaban J connectivity index is 1.99. The Labute approximate surface area is 126 Å². The van der Waals surface area contributed by atoms with Crippen LogP contribution in [0.3, 0.4) is 0 Å². The van der Waals surface area contributed by atoms with E-state index in [-0.39, 0.29) is 17.5 Å². The van der Waals surface area contributed by atoms with Crippen LogP contribution < -0.4 is 5.32 Å². The van der Waals surface area contributed by atoms with Crippen molar-refractivity contribution in [3.05, 3.63) is 28.2 Å². The van der Waals surface area contributed by atoms with E-state index in [1.807, 2.05) is 0 Å². The lowest BCUT2D eigenvalue weighted by atomic mass is 10.1. The number of carbonyl (C=O) groups is 2. The van der Waals surface area contributed by atoms with Crippen LogP contribution in [-0.4, -0.2) is 41.5 Å². The van der Waals surface area contributed by atoms with Crippen LogP contribution in [0, 0.1) is 5.92 Å². The number of likely N-dealkylation sites (tertiary alicyclic amines) is 1. The molecular weight excluding hydrogens is 303 g/mol. The summed E-state index contributed by atoms with van der Waals surface area (Å²) >= 11 is 11.7. The summed E-state index contributed by atoms with van der Waals surface area (Å²) in [5, 5.41) is 12.2. The topological polar surface area (TPSA) is 69.6 Å². The van der Waals surface area contributed by atoms with E-state index in [4.69, 9.17) is 28.3 Å². The molecule has 0 bridgehead atoms. The molecule has 2 rings (SSSR count). The Morgan fingerprint density at radius 2 is 2.15 bits per heavy atom. The van der Waals surface area contributed by atoms with Gasteiger partial charge in [0.1, 0.15) is 0 Å². The number of aliphatic hydroxyl groups is 1. The van der Waals surface area contributed by atoms with E-state index in [9.17, 15) is 9.59 Å². The minimum absolute atomic E-state index is 0.0222. The summed E-state index contributed by atoms with van der Waals surface area (Å²) in [6.45, 7) is 0.900. The summed E-state index contributed by atoms with van der Waals surface area (Å²) in [6, 6.07) is 4.60. The third-order valence-electron chi connectivity index (χ3n) is 3.20. The number of halogens is 2. The number of hydrogen-bond acceptors (Lipinski definition) is 3. The van der Waals surface area contributed by atoms with Crippen molar-refractivity contribution in [3.63, 3.8) is 0 Å². The van der Waals surface area contributed by atoms with E-state index in [1.54, 1.807) is 6.07 Å². The SMILES string of the molecule is O=C(Nc1ccc(Cl)cc1Cl)C(=O)N1CCC(CO)C1. The Bertz CT molecular complexity index is 536. The summed E-state index contributed by atoms with van der Waals surface area (Å²) in [5.74, 6) is -1.31. The molecule has 0 radical (unpaired) electrons. The number of nitrogens with zero attached hydrogens (tertiary/aromatic N) is 1. The normalized spacial score (nSPS) is 18.1. The maximum absolute atomic E-state index is 12.0. The van der Waals surface area contributed by atoms with Crippen molar-refractivity contribution in [2.45, 2.75) is 6.42 Å². The third-order valence-corrected chi connectivity index (χ3v) is 3.75. The van der Waals surface area contributed by atoms with Crippen LogP contribution in [0.5, 0.6) is 0 Å².